The number of nitrogens with zero attached hydrogens (tertiary/aromatic N) is 3. The Morgan fingerprint density at radius 3 is 2.64 bits per heavy atom. The van der Waals surface area contributed by atoms with E-state index >= 15 is 0 Å². The molecule has 2 aliphatic heterocycles. The average Bonchev–Trinajstić information content (AvgIpc) is 2.98. The number of hydrogen-bond acceptors (Lipinski definition) is 6. The predicted molar refractivity (Wildman–Crippen MR) is 92.7 cm³/mol. The van der Waals surface area contributed by atoms with E-state index in [0.717, 1.165) is 5.69 Å². The summed E-state index contributed by atoms with van der Waals surface area (Å²) in [7, 11) is 0.147. The topological polar surface area (TPSA) is 65.0 Å². The van der Waals surface area contributed by atoms with Gasteiger partial charge in [-0.15, -0.1) is 0 Å². The van der Waals surface area contributed by atoms with Crippen LogP contribution in [0.1, 0.15) is 0 Å². The SMILES string of the molecule is CN(C)c1ccc(NS(=O)(=O)C2C(Cl)N=C3SC=CN32)cc1. The largest absolute Gasteiger partial charge is 0.378 e. The van der Waals surface area contributed by atoms with Crippen LogP contribution in [0.4, 0.5) is 11.4 Å². The van der Waals surface area contributed by atoms with Gasteiger partial charge in [-0.05, 0) is 29.7 Å². The van der Waals surface area contributed by atoms with Crippen LogP contribution in [0, 0.1) is 0 Å². The van der Waals surface area contributed by atoms with Gasteiger partial charge < -0.3 is 9.80 Å². The van der Waals surface area contributed by atoms with E-state index in [4.69, 9.17) is 11.6 Å². The first-order valence-corrected chi connectivity index (χ1v) is 9.37. The van der Waals surface area contributed by atoms with E-state index < -0.39 is 20.9 Å². The fourth-order valence-corrected chi connectivity index (χ4v) is 5.16. The van der Waals surface area contributed by atoms with Gasteiger partial charge in [0.05, 0.1) is 0 Å². The lowest BCUT2D eigenvalue weighted by Gasteiger charge is -2.23. The normalized spacial score (nSPS) is 23.4. The molecule has 0 saturated carbocycles. The van der Waals surface area contributed by atoms with E-state index in [0.29, 0.717) is 10.9 Å². The molecule has 1 N–H and O–H groups in total. The Kier molecular flexibility index (Phi) is 4.00. The van der Waals surface area contributed by atoms with Crippen LogP contribution >= 0.6 is 23.4 Å². The highest BCUT2D eigenvalue weighted by atomic mass is 35.5. The zero-order chi connectivity index (χ0) is 15.9. The number of amidine groups is 1. The summed E-state index contributed by atoms with van der Waals surface area (Å²) < 4.78 is 27.8. The molecule has 0 radical (unpaired) electrons. The number of hydrogen-bond donors (Lipinski definition) is 1. The minimum Gasteiger partial charge on any atom is -0.378 e. The number of halogens is 1. The van der Waals surface area contributed by atoms with Crippen molar-refractivity contribution in [2.75, 3.05) is 23.7 Å². The molecule has 1 aromatic carbocycles. The number of thioether (sulfide) groups is 1. The van der Waals surface area contributed by atoms with E-state index in [2.05, 4.69) is 9.71 Å². The van der Waals surface area contributed by atoms with E-state index in [-0.39, 0.29) is 0 Å². The van der Waals surface area contributed by atoms with Gasteiger partial charge in [-0.1, -0.05) is 23.4 Å². The summed E-state index contributed by atoms with van der Waals surface area (Å²) in [6.07, 6.45) is 1.69. The maximum atomic E-state index is 12.6. The lowest BCUT2D eigenvalue weighted by atomic mass is 10.3. The number of alkyl halides is 1. The van der Waals surface area contributed by atoms with Crippen LogP contribution in [0.2, 0.25) is 0 Å². The third-order valence-electron chi connectivity index (χ3n) is 3.32. The lowest BCUT2D eigenvalue weighted by molar-refractivity contribution is 0.504. The smallest absolute Gasteiger partial charge is 0.257 e. The van der Waals surface area contributed by atoms with E-state index in [1.165, 1.54) is 11.8 Å². The molecule has 1 aromatic rings. The number of anilines is 2. The molecule has 3 rings (SSSR count). The van der Waals surface area contributed by atoms with Gasteiger partial charge >= 0.3 is 0 Å². The highest BCUT2D eigenvalue weighted by Gasteiger charge is 2.45. The van der Waals surface area contributed by atoms with Gasteiger partial charge in [0.2, 0.25) is 0 Å². The molecule has 0 bridgehead atoms. The molecule has 9 heteroatoms. The molecule has 2 unspecified atom stereocenters. The van der Waals surface area contributed by atoms with Crippen LogP contribution in [0.3, 0.4) is 0 Å². The van der Waals surface area contributed by atoms with Gasteiger partial charge in [0, 0.05) is 31.7 Å². The average molecular weight is 359 g/mol. The monoisotopic (exact) mass is 358 g/mol. The predicted octanol–water partition coefficient (Wildman–Crippen LogP) is 2.27. The van der Waals surface area contributed by atoms with Crippen LogP contribution < -0.4 is 9.62 Å². The van der Waals surface area contributed by atoms with Crippen molar-refractivity contribution in [1.82, 2.24) is 4.90 Å². The molecule has 0 aliphatic carbocycles. The van der Waals surface area contributed by atoms with Gasteiger partial charge in [-0.2, -0.15) is 0 Å². The third kappa shape index (κ3) is 2.78. The standard InChI is InChI=1S/C13H15ClN4O2S2/c1-17(2)10-5-3-9(4-6-10)16-22(19,20)12-11(14)15-13-18(12)7-8-21-13/h3-8,11-12,16H,1-2H3. The van der Waals surface area contributed by atoms with E-state index in [1.807, 2.05) is 31.1 Å². The lowest BCUT2D eigenvalue weighted by Crippen LogP contribution is -2.42. The number of aliphatic imine (C=N–C) groups is 1. The highest BCUT2D eigenvalue weighted by molar-refractivity contribution is 8.16. The Morgan fingerprint density at radius 2 is 2.00 bits per heavy atom. The maximum absolute atomic E-state index is 12.6. The van der Waals surface area contributed by atoms with Crippen molar-refractivity contribution >= 4 is 49.9 Å². The maximum Gasteiger partial charge on any atom is 0.257 e. The molecule has 0 saturated heterocycles. The Balaban J connectivity index is 1.80. The van der Waals surface area contributed by atoms with Crippen LogP contribution in [0.15, 0.2) is 40.9 Å². The summed E-state index contributed by atoms with van der Waals surface area (Å²) in [6.45, 7) is 0. The van der Waals surface area contributed by atoms with Crippen molar-refractivity contribution in [3.8, 4) is 0 Å². The fourth-order valence-electron chi connectivity index (χ4n) is 2.22. The van der Waals surface area contributed by atoms with Crippen LogP contribution in [0.5, 0.6) is 0 Å². The van der Waals surface area contributed by atoms with Gasteiger partial charge in [-0.3, -0.25) is 4.72 Å². The second-order valence-corrected chi connectivity index (χ2v) is 8.17. The molecule has 0 spiro atoms. The van der Waals surface area contributed by atoms with Crippen molar-refractivity contribution in [2.24, 2.45) is 4.99 Å². The zero-order valence-electron chi connectivity index (χ0n) is 12.0. The molecule has 0 aromatic heterocycles. The Morgan fingerprint density at radius 1 is 1.32 bits per heavy atom. The molecule has 0 amide bonds. The number of sulfonamides is 1. The first kappa shape index (κ1) is 15.5. The molecular weight excluding hydrogens is 344 g/mol. The van der Waals surface area contributed by atoms with Crippen LogP contribution in [-0.2, 0) is 10.0 Å². The minimum atomic E-state index is -3.70. The van der Waals surface area contributed by atoms with E-state index in [9.17, 15) is 8.42 Å². The third-order valence-corrected chi connectivity index (χ3v) is 6.23. The second-order valence-electron chi connectivity index (χ2n) is 5.07. The Labute approximate surface area is 138 Å². The molecule has 2 atom stereocenters. The Hall–Kier alpha value is -1.38. The first-order valence-electron chi connectivity index (χ1n) is 6.51. The molecule has 2 heterocycles. The van der Waals surface area contributed by atoms with Crippen molar-refractivity contribution < 1.29 is 8.42 Å². The molecule has 0 fully saturated rings. The van der Waals surface area contributed by atoms with Gasteiger partial charge in [0.25, 0.3) is 10.0 Å². The second kappa shape index (κ2) is 5.68. The number of benzene rings is 1. The summed E-state index contributed by atoms with van der Waals surface area (Å²) in [5, 5.41) is 1.46. The molecule has 22 heavy (non-hydrogen) atoms. The van der Waals surface area contributed by atoms with Gasteiger partial charge in [-0.25, -0.2) is 13.4 Å². The summed E-state index contributed by atoms with van der Waals surface area (Å²) in [6, 6.07) is 7.14. The molecule has 2 aliphatic rings. The first-order chi connectivity index (χ1) is 10.4. The fraction of sp³-hybridized carbons (Fsp3) is 0.308. The van der Waals surface area contributed by atoms with Crippen molar-refractivity contribution in [1.29, 1.82) is 0 Å². The van der Waals surface area contributed by atoms with Gasteiger partial charge in [0.1, 0.15) is 0 Å². The molecule has 118 valence electrons. The number of fused-ring (bicyclic) bond motifs is 1. The van der Waals surface area contributed by atoms with Crippen molar-refractivity contribution in [3.05, 3.63) is 35.9 Å². The van der Waals surface area contributed by atoms with Crippen molar-refractivity contribution in [3.63, 3.8) is 0 Å². The zero-order valence-corrected chi connectivity index (χ0v) is 14.4. The summed E-state index contributed by atoms with van der Waals surface area (Å²) in [5.74, 6) is 0. The molecular formula is C13H15ClN4O2S2. The molecule has 6 nitrogen and oxygen atoms in total. The number of nitrogens with one attached hydrogen (secondary N) is 1. The summed E-state index contributed by atoms with van der Waals surface area (Å²) in [4.78, 5) is 7.68. The minimum absolute atomic E-state index is 0.499. The van der Waals surface area contributed by atoms with Crippen LogP contribution in [-0.4, -0.2) is 43.5 Å². The number of rotatable bonds is 4. The van der Waals surface area contributed by atoms with Gasteiger partial charge in [0.15, 0.2) is 16.0 Å². The van der Waals surface area contributed by atoms with E-state index in [1.54, 1.807) is 28.6 Å². The quantitative estimate of drug-likeness (QED) is 0.660. The van der Waals surface area contributed by atoms with Crippen LogP contribution in [0.25, 0.3) is 0 Å². The summed E-state index contributed by atoms with van der Waals surface area (Å²) >= 11 is 7.46. The van der Waals surface area contributed by atoms with Crippen molar-refractivity contribution in [2.45, 2.75) is 10.9 Å². The highest BCUT2D eigenvalue weighted by Crippen LogP contribution is 2.35. The Bertz CT molecular complexity index is 731. The summed E-state index contributed by atoms with van der Waals surface area (Å²) in [5.41, 5.74) is 0.660.